The third-order valence-electron chi connectivity index (χ3n) is 4.31. The maximum Gasteiger partial charge on any atom is 0.277 e. The van der Waals surface area contributed by atoms with Crippen molar-refractivity contribution in [2.45, 2.75) is 38.5 Å². The lowest BCUT2D eigenvalue weighted by Crippen LogP contribution is -2.28. The van der Waals surface area contributed by atoms with Crippen molar-refractivity contribution in [3.05, 3.63) is 64.1 Å². The van der Waals surface area contributed by atoms with Gasteiger partial charge in [0.25, 0.3) is 5.22 Å². The molecule has 5 nitrogen and oxygen atoms in total. The molecular weight excluding hydrogens is 450 g/mol. The van der Waals surface area contributed by atoms with E-state index in [1.807, 2.05) is 31.2 Å². The molecule has 1 amide bonds. The first kappa shape index (κ1) is 21.6. The fourth-order valence-corrected chi connectivity index (χ4v) is 3.89. The summed E-state index contributed by atoms with van der Waals surface area (Å²) in [6.45, 7) is 6.40. The molecule has 3 rings (SSSR count). The molecule has 0 saturated carbocycles. The standard InChI is InChI=1S/C22H24BrN3O2S/c1-14(2)11-16-7-9-17(10-8-16)15(3)24-20(27)13-29-22-26-25-21(28-22)18-5-4-6-19(23)12-18/h4-10,12,14-15H,11,13H2,1-3H3,(H,24,27). The molecule has 0 radical (unpaired) electrons. The molecule has 152 valence electrons. The van der Waals surface area contributed by atoms with Gasteiger partial charge < -0.3 is 9.73 Å². The first-order valence-electron chi connectivity index (χ1n) is 9.51. The lowest BCUT2D eigenvalue weighted by atomic mass is 10.00. The minimum atomic E-state index is -0.0732. The number of amides is 1. The first-order chi connectivity index (χ1) is 13.9. The summed E-state index contributed by atoms with van der Waals surface area (Å²) >= 11 is 4.65. The Morgan fingerprint density at radius 2 is 1.90 bits per heavy atom. The number of carbonyl (C=O) groups is 1. The Kier molecular flexibility index (Phi) is 7.50. The summed E-state index contributed by atoms with van der Waals surface area (Å²) in [6.07, 6.45) is 1.06. The van der Waals surface area contributed by atoms with E-state index >= 15 is 0 Å². The van der Waals surface area contributed by atoms with Gasteiger partial charge in [-0.2, -0.15) is 0 Å². The molecule has 0 aliphatic heterocycles. The highest BCUT2D eigenvalue weighted by molar-refractivity contribution is 9.10. The second kappa shape index (κ2) is 10.1. The third-order valence-corrected chi connectivity index (χ3v) is 5.62. The van der Waals surface area contributed by atoms with Gasteiger partial charge >= 0.3 is 0 Å². The van der Waals surface area contributed by atoms with Gasteiger partial charge in [0.05, 0.1) is 11.8 Å². The van der Waals surface area contributed by atoms with Crippen LogP contribution in [0.15, 0.2) is 62.6 Å². The van der Waals surface area contributed by atoms with E-state index in [1.54, 1.807) is 0 Å². The van der Waals surface area contributed by atoms with Gasteiger partial charge in [-0.3, -0.25) is 4.79 Å². The summed E-state index contributed by atoms with van der Waals surface area (Å²) in [5.41, 5.74) is 3.23. The Labute approximate surface area is 183 Å². The van der Waals surface area contributed by atoms with Gasteiger partial charge in [0.2, 0.25) is 11.8 Å². The largest absolute Gasteiger partial charge is 0.411 e. The van der Waals surface area contributed by atoms with Crippen LogP contribution in [0.3, 0.4) is 0 Å². The van der Waals surface area contributed by atoms with Crippen LogP contribution in [0.2, 0.25) is 0 Å². The van der Waals surface area contributed by atoms with E-state index in [0.29, 0.717) is 17.0 Å². The van der Waals surface area contributed by atoms with Crippen molar-refractivity contribution in [2.24, 2.45) is 5.92 Å². The number of carbonyl (C=O) groups excluding carboxylic acids is 1. The van der Waals surface area contributed by atoms with E-state index in [4.69, 9.17) is 4.42 Å². The number of nitrogens with zero attached hydrogens (tertiary/aromatic N) is 2. The summed E-state index contributed by atoms with van der Waals surface area (Å²) in [5, 5.41) is 11.5. The van der Waals surface area contributed by atoms with Gasteiger partial charge in [-0.25, -0.2) is 0 Å². The molecular formula is C22H24BrN3O2S. The third kappa shape index (κ3) is 6.44. The molecule has 1 atom stereocenters. The summed E-state index contributed by atoms with van der Waals surface area (Å²) in [7, 11) is 0. The SMILES string of the molecule is CC(C)Cc1ccc(C(C)NC(=O)CSc2nnc(-c3cccc(Br)c3)o2)cc1. The highest BCUT2D eigenvalue weighted by Gasteiger charge is 2.14. The van der Waals surface area contributed by atoms with Gasteiger partial charge in [-0.1, -0.05) is 71.9 Å². The van der Waals surface area contributed by atoms with Gasteiger partial charge in [0, 0.05) is 10.0 Å². The van der Waals surface area contributed by atoms with Crippen molar-refractivity contribution < 1.29 is 9.21 Å². The summed E-state index contributed by atoms with van der Waals surface area (Å²) in [6, 6.07) is 16.0. The molecule has 0 aliphatic rings. The van der Waals surface area contributed by atoms with E-state index < -0.39 is 0 Å². The number of thioether (sulfide) groups is 1. The van der Waals surface area contributed by atoms with Crippen molar-refractivity contribution in [3.8, 4) is 11.5 Å². The van der Waals surface area contributed by atoms with Crippen LogP contribution >= 0.6 is 27.7 Å². The fraction of sp³-hybridized carbons (Fsp3) is 0.318. The number of rotatable bonds is 8. The minimum Gasteiger partial charge on any atom is -0.411 e. The first-order valence-corrected chi connectivity index (χ1v) is 11.3. The zero-order chi connectivity index (χ0) is 20.8. The normalized spacial score (nSPS) is 12.2. The second-order valence-corrected chi connectivity index (χ2v) is 9.14. The molecule has 1 unspecified atom stereocenters. The number of halogens is 1. The van der Waals surface area contributed by atoms with Crippen LogP contribution < -0.4 is 5.32 Å². The minimum absolute atomic E-state index is 0.0592. The predicted octanol–water partition coefficient (Wildman–Crippen LogP) is 5.67. The molecule has 0 spiro atoms. The van der Waals surface area contributed by atoms with Crippen LogP contribution in [0.5, 0.6) is 0 Å². The van der Waals surface area contributed by atoms with Crippen LogP contribution in [0.4, 0.5) is 0 Å². The number of benzene rings is 2. The number of hydrogen-bond acceptors (Lipinski definition) is 5. The number of aromatic nitrogens is 2. The number of nitrogens with one attached hydrogen (secondary N) is 1. The highest BCUT2D eigenvalue weighted by atomic mass is 79.9. The maximum atomic E-state index is 12.3. The van der Waals surface area contributed by atoms with Crippen LogP contribution in [0, 0.1) is 5.92 Å². The van der Waals surface area contributed by atoms with Gasteiger partial charge in [0.15, 0.2) is 0 Å². The molecule has 29 heavy (non-hydrogen) atoms. The zero-order valence-electron chi connectivity index (χ0n) is 16.7. The van der Waals surface area contributed by atoms with Crippen molar-refractivity contribution in [1.29, 1.82) is 0 Å². The Balaban J connectivity index is 1.51. The van der Waals surface area contributed by atoms with Gasteiger partial charge in [-0.05, 0) is 48.6 Å². The molecule has 0 fully saturated rings. The van der Waals surface area contributed by atoms with E-state index in [9.17, 15) is 4.79 Å². The lowest BCUT2D eigenvalue weighted by molar-refractivity contribution is -0.119. The van der Waals surface area contributed by atoms with Crippen LogP contribution in [0.25, 0.3) is 11.5 Å². The zero-order valence-corrected chi connectivity index (χ0v) is 19.1. The topological polar surface area (TPSA) is 68.0 Å². The van der Waals surface area contributed by atoms with Crippen molar-refractivity contribution in [3.63, 3.8) is 0 Å². The van der Waals surface area contributed by atoms with E-state index in [-0.39, 0.29) is 17.7 Å². The van der Waals surface area contributed by atoms with Crippen LogP contribution in [0.1, 0.15) is 37.9 Å². The quantitative estimate of drug-likeness (QED) is 0.427. The fourth-order valence-electron chi connectivity index (χ4n) is 2.91. The van der Waals surface area contributed by atoms with Gasteiger partial charge in [-0.15, -0.1) is 10.2 Å². The summed E-state index contributed by atoms with van der Waals surface area (Å²) < 4.78 is 6.59. The van der Waals surface area contributed by atoms with Crippen LogP contribution in [-0.4, -0.2) is 21.9 Å². The van der Waals surface area contributed by atoms with E-state index in [0.717, 1.165) is 22.0 Å². The Bertz CT molecular complexity index is 957. The molecule has 0 saturated heterocycles. The summed E-state index contributed by atoms with van der Waals surface area (Å²) in [5.74, 6) is 1.21. The molecule has 1 N–H and O–H groups in total. The summed E-state index contributed by atoms with van der Waals surface area (Å²) in [4.78, 5) is 12.3. The molecule has 0 bridgehead atoms. The Hall–Kier alpha value is -2.12. The maximum absolute atomic E-state index is 12.3. The monoisotopic (exact) mass is 473 g/mol. The van der Waals surface area contributed by atoms with Crippen molar-refractivity contribution >= 4 is 33.6 Å². The predicted molar refractivity (Wildman–Crippen MR) is 120 cm³/mol. The molecule has 7 heteroatoms. The Morgan fingerprint density at radius 3 is 2.59 bits per heavy atom. The average Bonchev–Trinajstić information content (AvgIpc) is 3.15. The second-order valence-electron chi connectivity index (χ2n) is 7.30. The van der Waals surface area contributed by atoms with Crippen molar-refractivity contribution in [1.82, 2.24) is 15.5 Å². The smallest absolute Gasteiger partial charge is 0.277 e. The lowest BCUT2D eigenvalue weighted by Gasteiger charge is -2.15. The molecule has 3 aromatic rings. The average molecular weight is 474 g/mol. The molecule has 1 aromatic heterocycles. The van der Waals surface area contributed by atoms with E-state index in [2.05, 4.69) is 69.6 Å². The highest BCUT2D eigenvalue weighted by Crippen LogP contribution is 2.25. The van der Waals surface area contributed by atoms with Crippen molar-refractivity contribution in [2.75, 3.05) is 5.75 Å². The number of hydrogen-bond donors (Lipinski definition) is 1. The Morgan fingerprint density at radius 1 is 1.14 bits per heavy atom. The molecule has 1 heterocycles. The molecule has 0 aliphatic carbocycles. The van der Waals surface area contributed by atoms with Crippen LogP contribution in [-0.2, 0) is 11.2 Å². The van der Waals surface area contributed by atoms with Gasteiger partial charge in [0.1, 0.15) is 0 Å². The molecule has 2 aromatic carbocycles. The van der Waals surface area contributed by atoms with E-state index in [1.165, 1.54) is 17.3 Å².